The third-order valence-corrected chi connectivity index (χ3v) is 7.66. The molecule has 42 heteroatoms. The van der Waals surface area contributed by atoms with Gasteiger partial charge in [-0.05, 0) is 6.92 Å². The van der Waals surface area contributed by atoms with Crippen LogP contribution in [0, 0.1) is 0 Å². The van der Waals surface area contributed by atoms with Crippen LogP contribution in [0.1, 0.15) is 6.92 Å². The molecule has 410 valence electrons. The Labute approximate surface area is 351 Å². The second kappa shape index (κ2) is 18.1. The second-order valence-corrected chi connectivity index (χ2v) is 12.6. The number of halogens is 38. The van der Waals surface area contributed by atoms with Crippen molar-refractivity contribution in [2.75, 3.05) is 13.2 Å². The van der Waals surface area contributed by atoms with E-state index >= 15 is 0 Å². The van der Waals surface area contributed by atoms with E-state index in [0.717, 1.165) is 0 Å². The summed E-state index contributed by atoms with van der Waals surface area (Å²) in [5.41, 5.74) is -0.930. The largest absolute Gasteiger partial charge is 0.460 e. The molecule has 0 amide bonds. The quantitative estimate of drug-likeness (QED) is 0.0693. The highest BCUT2D eigenvalue weighted by Crippen LogP contribution is 2.67. The highest BCUT2D eigenvalue weighted by atomic mass is 19.4. The zero-order chi connectivity index (χ0) is 57.3. The Morgan fingerprint density at radius 3 is 0.681 bits per heavy atom. The van der Waals surface area contributed by atoms with Crippen molar-refractivity contribution in [2.45, 2.75) is 114 Å². The van der Waals surface area contributed by atoms with E-state index in [4.69, 9.17) is 0 Å². The standard InChI is InChI=1S/C14H7F19O2.C13H5F19O2/c1-4(2)5(34)35-3-6(15,16)7(17,18)8(19,20)9(21,22)10(23,24)11(25,26)12(27,28)13(29,30)14(31,32)33;1-2-4(33)34-3-5(14,15)6(16,17)7(18,19)8(20,21)9(22,23)10(24,25)11(26,27)12(28,29)13(30,31)32/h1,3H2,2H3;2H,1,3H2. The molecule has 4 nitrogen and oxygen atoms in total. The van der Waals surface area contributed by atoms with Gasteiger partial charge in [-0.2, -0.15) is 167 Å². The Balaban J connectivity index is 0. The summed E-state index contributed by atoms with van der Waals surface area (Å²) in [4.78, 5) is 21.3. The molecule has 0 aliphatic carbocycles. The van der Waals surface area contributed by atoms with Gasteiger partial charge in [-0.25, -0.2) is 9.59 Å². The molecular formula is C27H12F38O4. The van der Waals surface area contributed by atoms with Crippen LogP contribution in [0.25, 0.3) is 0 Å². The number of alkyl halides is 38. The van der Waals surface area contributed by atoms with Crippen LogP contribution in [0.15, 0.2) is 24.8 Å². The first-order valence-corrected chi connectivity index (χ1v) is 15.1. The van der Waals surface area contributed by atoms with E-state index in [-0.39, 0.29) is 6.08 Å². The molecule has 0 aromatic carbocycles. The van der Waals surface area contributed by atoms with Crippen LogP contribution in [-0.4, -0.2) is 132 Å². The topological polar surface area (TPSA) is 52.6 Å². The molecule has 0 N–H and O–H groups in total. The van der Waals surface area contributed by atoms with Crippen molar-refractivity contribution in [1.29, 1.82) is 0 Å². The van der Waals surface area contributed by atoms with Crippen LogP contribution >= 0.6 is 0 Å². The van der Waals surface area contributed by atoms with Crippen LogP contribution in [0.5, 0.6) is 0 Å². The second-order valence-electron chi connectivity index (χ2n) is 12.6. The summed E-state index contributed by atoms with van der Waals surface area (Å²) in [7, 11) is 0. The summed E-state index contributed by atoms with van der Waals surface area (Å²) < 4.78 is 501. The molecule has 0 aliphatic heterocycles. The lowest BCUT2D eigenvalue weighted by Crippen LogP contribution is -2.76. The maximum absolute atomic E-state index is 13.5. The van der Waals surface area contributed by atoms with Gasteiger partial charge in [-0.15, -0.1) is 0 Å². The first kappa shape index (κ1) is 66.8. The maximum Gasteiger partial charge on any atom is 0.460 e. The average molecular weight is 1120 g/mol. The van der Waals surface area contributed by atoms with E-state index in [1.807, 2.05) is 0 Å². The summed E-state index contributed by atoms with van der Waals surface area (Å²) in [6.07, 6.45) is -16.0. The summed E-state index contributed by atoms with van der Waals surface area (Å²) in [5, 5.41) is 0. The van der Waals surface area contributed by atoms with Gasteiger partial charge < -0.3 is 9.47 Å². The molecule has 0 aromatic rings. The fraction of sp³-hybridized carbons (Fsp3) is 0.778. The van der Waals surface area contributed by atoms with Gasteiger partial charge in [0, 0.05) is 11.6 Å². The van der Waals surface area contributed by atoms with E-state index in [1.165, 1.54) is 0 Å². The lowest BCUT2D eigenvalue weighted by Gasteiger charge is -2.43. The molecule has 0 heterocycles. The number of rotatable bonds is 20. The van der Waals surface area contributed by atoms with E-state index in [2.05, 4.69) is 22.6 Å². The molecule has 0 radical (unpaired) electrons. The van der Waals surface area contributed by atoms with Crippen LogP contribution in [-0.2, 0) is 19.1 Å². The Morgan fingerprint density at radius 2 is 0.507 bits per heavy atom. The minimum absolute atomic E-state index is 0.126. The summed E-state index contributed by atoms with van der Waals surface area (Å²) in [6.45, 7) is -1.02. The van der Waals surface area contributed by atoms with Crippen LogP contribution < -0.4 is 0 Å². The predicted octanol–water partition coefficient (Wildman–Crippen LogP) is 13.1. The van der Waals surface area contributed by atoms with Crippen LogP contribution in [0.4, 0.5) is 167 Å². The monoisotopic (exact) mass is 1120 g/mol. The number of hydrogen-bond acceptors (Lipinski definition) is 4. The third-order valence-electron chi connectivity index (χ3n) is 7.66. The fourth-order valence-electron chi connectivity index (χ4n) is 3.47. The van der Waals surface area contributed by atoms with Crippen molar-refractivity contribution < 1.29 is 186 Å². The number of carbonyl (C=O) groups is 2. The molecule has 0 unspecified atom stereocenters. The molecule has 0 atom stereocenters. The van der Waals surface area contributed by atoms with Crippen molar-refractivity contribution in [3.63, 3.8) is 0 Å². The first-order chi connectivity index (χ1) is 29.3. The number of ether oxygens (including phenoxy) is 2. The van der Waals surface area contributed by atoms with Crippen molar-refractivity contribution in [2.24, 2.45) is 0 Å². The number of carbonyl (C=O) groups excluding carboxylic acids is 2. The summed E-state index contributed by atoms with van der Waals surface area (Å²) in [5.74, 6) is -139. The van der Waals surface area contributed by atoms with E-state index in [9.17, 15) is 176 Å². The minimum atomic E-state index is -8.99. The molecule has 0 rings (SSSR count). The molecule has 0 aromatic heterocycles. The minimum Gasteiger partial charge on any atom is -0.456 e. The maximum atomic E-state index is 13.5. The van der Waals surface area contributed by atoms with E-state index < -0.39 is 138 Å². The third kappa shape index (κ3) is 9.77. The Bertz CT molecular complexity index is 1870. The van der Waals surface area contributed by atoms with Crippen molar-refractivity contribution in [3.05, 3.63) is 24.8 Å². The lowest BCUT2D eigenvalue weighted by atomic mass is 9.87. The molecule has 0 saturated carbocycles. The van der Waals surface area contributed by atoms with Crippen molar-refractivity contribution in [3.8, 4) is 0 Å². The van der Waals surface area contributed by atoms with Gasteiger partial charge in [0.25, 0.3) is 0 Å². The normalized spacial score (nSPS) is 15.8. The smallest absolute Gasteiger partial charge is 0.456 e. The molecule has 0 aliphatic rings. The Morgan fingerprint density at radius 1 is 0.333 bits per heavy atom. The average Bonchev–Trinajstić information content (AvgIpc) is 3.13. The van der Waals surface area contributed by atoms with Gasteiger partial charge in [-0.3, -0.25) is 0 Å². The van der Waals surface area contributed by atoms with Crippen LogP contribution in [0.3, 0.4) is 0 Å². The first-order valence-electron chi connectivity index (χ1n) is 15.1. The predicted molar refractivity (Wildman–Crippen MR) is 138 cm³/mol. The van der Waals surface area contributed by atoms with Gasteiger partial charge in [0.15, 0.2) is 13.2 Å². The van der Waals surface area contributed by atoms with Gasteiger partial charge in [-0.1, -0.05) is 13.2 Å². The lowest BCUT2D eigenvalue weighted by molar-refractivity contribution is -0.469. The van der Waals surface area contributed by atoms with Crippen molar-refractivity contribution >= 4 is 11.9 Å². The Kier molecular flexibility index (Phi) is 17.5. The van der Waals surface area contributed by atoms with E-state index in [1.54, 1.807) is 0 Å². The highest BCUT2D eigenvalue weighted by molar-refractivity contribution is 5.86. The zero-order valence-corrected chi connectivity index (χ0v) is 30.9. The molecule has 0 fully saturated rings. The molecular weight excluding hydrogens is 1110 g/mol. The number of hydrogen-bond donors (Lipinski definition) is 0. The highest BCUT2D eigenvalue weighted by Gasteiger charge is 2.98. The number of esters is 2. The molecule has 0 spiro atoms. The van der Waals surface area contributed by atoms with Crippen molar-refractivity contribution in [1.82, 2.24) is 0 Å². The van der Waals surface area contributed by atoms with Gasteiger partial charge in [0.05, 0.1) is 0 Å². The Hall–Kier alpha value is -4.24. The van der Waals surface area contributed by atoms with Crippen LogP contribution in [0.2, 0.25) is 0 Å². The van der Waals surface area contributed by atoms with Gasteiger partial charge >= 0.3 is 119 Å². The van der Waals surface area contributed by atoms with Gasteiger partial charge in [0.2, 0.25) is 0 Å². The zero-order valence-electron chi connectivity index (χ0n) is 30.9. The fourth-order valence-corrected chi connectivity index (χ4v) is 3.47. The summed E-state index contributed by atoms with van der Waals surface area (Å²) >= 11 is 0. The molecule has 69 heavy (non-hydrogen) atoms. The molecule has 0 saturated heterocycles. The summed E-state index contributed by atoms with van der Waals surface area (Å²) in [6, 6.07) is 0. The van der Waals surface area contributed by atoms with E-state index in [0.29, 0.717) is 6.92 Å². The van der Waals surface area contributed by atoms with Gasteiger partial charge in [0.1, 0.15) is 0 Å². The SMILES string of the molecule is C=C(C)C(=O)OCC(F)(F)C(F)(F)C(F)(F)C(F)(F)C(F)(F)C(F)(F)C(F)(F)C(F)(F)C(F)(F)F.C=CC(=O)OCC(F)(F)C(F)(F)C(F)(F)C(F)(F)C(F)(F)C(F)(F)C(F)(F)C(F)(F)C(F)(F)F. The molecule has 0 bridgehead atoms.